The largest absolute Gasteiger partial charge is 0.391 e. The number of hydrogen-bond acceptors (Lipinski definition) is 4. The third-order valence-corrected chi connectivity index (χ3v) is 9.65. The molecule has 1 aromatic carbocycles. The quantitative estimate of drug-likeness (QED) is 0.395. The Morgan fingerprint density at radius 1 is 1.08 bits per heavy atom. The molecule has 2 aromatic rings. The zero-order valence-corrected chi connectivity index (χ0v) is 21.4. The maximum absolute atomic E-state index is 14.6. The molecule has 0 spiro atoms. The van der Waals surface area contributed by atoms with Crippen LogP contribution in [0.5, 0.6) is 0 Å². The van der Waals surface area contributed by atoms with E-state index in [1.165, 1.54) is 13.0 Å². The highest BCUT2D eigenvalue weighted by Crippen LogP contribution is 2.43. The molecule has 1 saturated carbocycles. The Hall–Kier alpha value is -2.47. The summed E-state index contributed by atoms with van der Waals surface area (Å²) in [6, 6.07) is 3.10. The van der Waals surface area contributed by atoms with Crippen LogP contribution in [0.2, 0.25) is 0 Å². The van der Waals surface area contributed by atoms with Crippen LogP contribution in [0.4, 0.5) is 26.3 Å². The van der Waals surface area contributed by atoms with E-state index < -0.39 is 63.7 Å². The standard InChI is InChI=1S/C26H28F6N2O3S/c1-15-22(28)13-24(34(15)38(36,37)20-9-6-18(27)7-10-20)25(35)11-8-19-12-21(23(29)14-33-19)16-2-4-17(5-3-16)26(30,31)32/h6-7,9-10,12,14-17,22,24H,2-5,8,11,13H2,1H3/t15-,16?,17?,22+,24-/m0/s1. The predicted molar refractivity (Wildman–Crippen MR) is 126 cm³/mol. The SMILES string of the molecule is C[C@H]1[C@H](F)C[C@@H](C(=O)CCc2cc(C3CCC(C(F)(F)F)CC3)c(F)cn2)N1S(=O)(=O)c1ccc(F)cc1. The molecular formula is C26H28F6N2O3S. The molecular weight excluding hydrogens is 534 g/mol. The van der Waals surface area contributed by atoms with Gasteiger partial charge in [-0.2, -0.15) is 17.5 Å². The van der Waals surface area contributed by atoms with Gasteiger partial charge < -0.3 is 0 Å². The smallest absolute Gasteiger partial charge is 0.298 e. The normalized spacial score (nSPS) is 27.0. The lowest BCUT2D eigenvalue weighted by Gasteiger charge is -2.30. The van der Waals surface area contributed by atoms with E-state index in [9.17, 15) is 39.6 Å². The van der Waals surface area contributed by atoms with Gasteiger partial charge in [-0.1, -0.05) is 0 Å². The summed E-state index contributed by atoms with van der Waals surface area (Å²) in [4.78, 5) is 16.8. The number of nitrogens with zero attached hydrogens (tertiary/aromatic N) is 2. The van der Waals surface area contributed by atoms with E-state index in [0.29, 0.717) is 5.69 Å². The van der Waals surface area contributed by atoms with Gasteiger partial charge in [-0.3, -0.25) is 9.78 Å². The Labute approximate surface area is 217 Å². The highest BCUT2D eigenvalue weighted by Gasteiger charge is 2.48. The second-order valence-corrected chi connectivity index (χ2v) is 11.9. The molecule has 2 fully saturated rings. The molecule has 0 radical (unpaired) electrons. The number of ketones is 1. The van der Waals surface area contributed by atoms with Crippen molar-refractivity contribution in [2.75, 3.05) is 0 Å². The molecule has 12 heteroatoms. The fourth-order valence-electron chi connectivity index (χ4n) is 5.44. The fraction of sp³-hybridized carbons (Fsp3) is 0.538. The Balaban J connectivity index is 1.46. The van der Waals surface area contributed by atoms with Crippen LogP contribution in [-0.2, 0) is 21.2 Å². The lowest BCUT2D eigenvalue weighted by molar-refractivity contribution is -0.182. The summed E-state index contributed by atoms with van der Waals surface area (Å²) in [7, 11) is -4.30. The van der Waals surface area contributed by atoms with Crippen molar-refractivity contribution in [1.82, 2.24) is 9.29 Å². The van der Waals surface area contributed by atoms with Crippen LogP contribution in [0, 0.1) is 17.6 Å². The lowest BCUT2D eigenvalue weighted by Crippen LogP contribution is -2.44. The summed E-state index contributed by atoms with van der Waals surface area (Å²) in [6.07, 6.45) is -5.21. The number of pyridine rings is 1. The van der Waals surface area contributed by atoms with Crippen LogP contribution in [0.3, 0.4) is 0 Å². The van der Waals surface area contributed by atoms with Crippen molar-refractivity contribution in [2.45, 2.75) is 87.1 Å². The van der Waals surface area contributed by atoms with Crippen LogP contribution in [0.1, 0.15) is 62.6 Å². The minimum absolute atomic E-state index is 0.0241. The number of halogens is 6. The number of aromatic nitrogens is 1. The number of carbonyl (C=O) groups is 1. The Morgan fingerprint density at radius 2 is 1.71 bits per heavy atom. The number of rotatable bonds is 7. The van der Waals surface area contributed by atoms with Crippen molar-refractivity contribution >= 4 is 15.8 Å². The zero-order chi connectivity index (χ0) is 27.8. The molecule has 208 valence electrons. The molecule has 2 aliphatic rings. The molecule has 1 aliphatic heterocycles. The van der Waals surface area contributed by atoms with Gasteiger partial charge in [-0.25, -0.2) is 21.6 Å². The van der Waals surface area contributed by atoms with Crippen LogP contribution in [-0.4, -0.2) is 47.9 Å². The number of benzene rings is 1. The van der Waals surface area contributed by atoms with E-state index >= 15 is 0 Å². The number of sulfonamides is 1. The molecule has 4 rings (SSSR count). The van der Waals surface area contributed by atoms with Gasteiger partial charge in [0.15, 0.2) is 5.78 Å². The third kappa shape index (κ3) is 5.90. The summed E-state index contributed by atoms with van der Waals surface area (Å²) < 4.78 is 109. The third-order valence-electron chi connectivity index (χ3n) is 7.64. The van der Waals surface area contributed by atoms with Crippen LogP contribution < -0.4 is 0 Å². The lowest BCUT2D eigenvalue weighted by atomic mass is 9.78. The Kier molecular flexibility index (Phi) is 8.23. The molecule has 2 heterocycles. The summed E-state index contributed by atoms with van der Waals surface area (Å²) in [5.74, 6) is -3.61. The van der Waals surface area contributed by atoms with Gasteiger partial charge in [-0.05, 0) is 80.8 Å². The number of aryl methyl sites for hydroxylation is 1. The second-order valence-electron chi connectivity index (χ2n) is 10.1. The van der Waals surface area contributed by atoms with E-state index in [4.69, 9.17) is 0 Å². The molecule has 38 heavy (non-hydrogen) atoms. The minimum Gasteiger partial charge on any atom is -0.298 e. The Bertz CT molecular complexity index is 1260. The second kappa shape index (κ2) is 11.0. The first-order valence-corrected chi connectivity index (χ1v) is 13.9. The van der Waals surface area contributed by atoms with Crippen molar-refractivity contribution in [1.29, 1.82) is 0 Å². The molecule has 3 atom stereocenters. The summed E-state index contributed by atoms with van der Waals surface area (Å²) in [5, 5.41) is 0. The highest BCUT2D eigenvalue weighted by molar-refractivity contribution is 7.89. The van der Waals surface area contributed by atoms with Crippen molar-refractivity contribution in [3.8, 4) is 0 Å². The van der Waals surface area contributed by atoms with Crippen molar-refractivity contribution in [3.63, 3.8) is 0 Å². The number of carbonyl (C=O) groups excluding carboxylic acids is 1. The van der Waals surface area contributed by atoms with Gasteiger partial charge in [0.2, 0.25) is 10.0 Å². The van der Waals surface area contributed by atoms with Crippen molar-refractivity contribution in [2.24, 2.45) is 5.92 Å². The molecule has 0 N–H and O–H groups in total. The average Bonchev–Trinajstić information content (AvgIpc) is 3.18. The number of alkyl halides is 4. The molecule has 0 unspecified atom stereocenters. The van der Waals surface area contributed by atoms with E-state index in [-0.39, 0.29) is 55.4 Å². The highest BCUT2D eigenvalue weighted by atomic mass is 32.2. The maximum Gasteiger partial charge on any atom is 0.391 e. The summed E-state index contributed by atoms with van der Waals surface area (Å²) in [5.41, 5.74) is 0.588. The van der Waals surface area contributed by atoms with E-state index in [1.54, 1.807) is 0 Å². The Morgan fingerprint density at radius 3 is 2.32 bits per heavy atom. The van der Waals surface area contributed by atoms with Gasteiger partial charge in [0.25, 0.3) is 0 Å². The molecule has 1 aliphatic carbocycles. The zero-order valence-electron chi connectivity index (χ0n) is 20.6. The molecule has 0 amide bonds. The minimum atomic E-state index is -4.30. The maximum atomic E-state index is 14.6. The first kappa shape index (κ1) is 28.5. The summed E-state index contributed by atoms with van der Waals surface area (Å²) in [6.45, 7) is 1.36. The monoisotopic (exact) mass is 562 g/mol. The molecule has 5 nitrogen and oxygen atoms in total. The van der Waals surface area contributed by atoms with E-state index in [1.807, 2.05) is 0 Å². The van der Waals surface area contributed by atoms with Crippen LogP contribution in [0.25, 0.3) is 0 Å². The number of hydrogen-bond donors (Lipinski definition) is 0. The van der Waals surface area contributed by atoms with Crippen molar-refractivity contribution in [3.05, 3.63) is 59.4 Å². The molecule has 1 saturated heterocycles. The first-order chi connectivity index (χ1) is 17.8. The van der Waals surface area contributed by atoms with Crippen molar-refractivity contribution < 1.29 is 39.6 Å². The van der Waals surface area contributed by atoms with E-state index in [2.05, 4.69) is 4.98 Å². The fourth-order valence-corrected chi connectivity index (χ4v) is 7.28. The predicted octanol–water partition coefficient (Wildman–Crippen LogP) is 5.89. The molecule has 0 bridgehead atoms. The van der Waals surface area contributed by atoms with Gasteiger partial charge in [0.1, 0.15) is 17.8 Å². The first-order valence-electron chi connectivity index (χ1n) is 12.5. The molecule has 1 aromatic heterocycles. The van der Waals surface area contributed by atoms with Gasteiger partial charge in [0.05, 0.1) is 29.1 Å². The van der Waals surface area contributed by atoms with Gasteiger partial charge >= 0.3 is 6.18 Å². The van der Waals surface area contributed by atoms with Gasteiger partial charge in [-0.15, -0.1) is 0 Å². The van der Waals surface area contributed by atoms with Gasteiger partial charge in [0, 0.05) is 18.5 Å². The number of Topliss-reactive ketones (excluding diaryl/α,β-unsaturated/α-hetero) is 1. The van der Waals surface area contributed by atoms with Crippen LogP contribution >= 0.6 is 0 Å². The average molecular weight is 563 g/mol. The van der Waals surface area contributed by atoms with E-state index in [0.717, 1.165) is 34.8 Å². The van der Waals surface area contributed by atoms with Crippen LogP contribution in [0.15, 0.2) is 41.4 Å². The summed E-state index contributed by atoms with van der Waals surface area (Å²) >= 11 is 0. The topological polar surface area (TPSA) is 67.3 Å².